The summed E-state index contributed by atoms with van der Waals surface area (Å²) in [5.74, 6) is -0.719. The number of aryl methyl sites for hydroxylation is 2. The van der Waals surface area contributed by atoms with E-state index in [1.54, 1.807) is 18.2 Å². The van der Waals surface area contributed by atoms with E-state index in [1.807, 2.05) is 36.9 Å². The molecule has 0 aliphatic carbocycles. The molecular weight excluding hydrogens is 524 g/mol. The predicted octanol–water partition coefficient (Wildman–Crippen LogP) is 5.82. The minimum atomic E-state index is -0.888. The molecular formula is C24H30Br2N2O3. The number of hydrogen-bond donors (Lipinski definition) is 2. The fraction of sp³-hybridized carbons (Fsp3) is 0.417. The molecule has 0 atom stereocenters. The van der Waals surface area contributed by atoms with E-state index in [1.165, 1.54) is 25.9 Å². The maximum atomic E-state index is 12.0. The highest BCUT2D eigenvalue weighted by molar-refractivity contribution is 9.10. The van der Waals surface area contributed by atoms with Crippen LogP contribution in [0.25, 0.3) is 0 Å². The van der Waals surface area contributed by atoms with E-state index in [9.17, 15) is 9.59 Å². The van der Waals surface area contributed by atoms with Gasteiger partial charge in [-0.25, -0.2) is 4.79 Å². The molecule has 2 saturated heterocycles. The van der Waals surface area contributed by atoms with Crippen LogP contribution in [0.1, 0.15) is 57.5 Å². The molecule has 0 saturated carbocycles. The first-order valence-corrected chi connectivity index (χ1v) is 12.1. The summed E-state index contributed by atoms with van der Waals surface area (Å²) < 4.78 is 1.99. The Balaban J connectivity index is 0.000000186. The standard InChI is InChI=1S/C12H14BrNO.C8H7BrO2.C4H9N/c1-9-8-10(4-5-11(9)13)12(15)14-6-2-3-7-14;1-5-4-6(8(10)11)2-3-7(5)9;1-2-4-5-3-1/h4-5,8H,2-3,6-7H2,1H3;2-4H,1H3,(H,10,11);5H,1-4H2. The summed E-state index contributed by atoms with van der Waals surface area (Å²) in [6, 6.07) is 10.7. The normalized spacial score (nSPS) is 14.9. The van der Waals surface area contributed by atoms with Crippen molar-refractivity contribution in [2.45, 2.75) is 39.5 Å². The molecule has 4 rings (SSSR count). The summed E-state index contributed by atoms with van der Waals surface area (Å²) in [6.45, 7) is 8.18. The third kappa shape index (κ3) is 8.39. The molecule has 2 heterocycles. The maximum Gasteiger partial charge on any atom is 0.335 e. The Morgan fingerprint density at radius 3 is 1.74 bits per heavy atom. The van der Waals surface area contributed by atoms with Gasteiger partial charge >= 0.3 is 5.97 Å². The lowest BCUT2D eigenvalue weighted by Gasteiger charge is -2.15. The van der Waals surface area contributed by atoms with Crippen LogP contribution in [0.5, 0.6) is 0 Å². The van der Waals surface area contributed by atoms with Gasteiger partial charge in [-0.05, 0) is 100 Å². The van der Waals surface area contributed by atoms with Crippen LogP contribution in [0.2, 0.25) is 0 Å². The first-order chi connectivity index (χ1) is 14.8. The smallest absolute Gasteiger partial charge is 0.335 e. The largest absolute Gasteiger partial charge is 0.478 e. The fourth-order valence-electron chi connectivity index (χ4n) is 3.28. The molecule has 5 nitrogen and oxygen atoms in total. The maximum absolute atomic E-state index is 12.0. The molecule has 2 aliphatic rings. The summed E-state index contributed by atoms with van der Waals surface area (Å²) in [6.07, 6.45) is 5.06. The quantitative estimate of drug-likeness (QED) is 0.491. The van der Waals surface area contributed by atoms with Crippen molar-refractivity contribution in [3.8, 4) is 0 Å². The number of carboxylic acids is 1. The van der Waals surface area contributed by atoms with Crippen molar-refractivity contribution < 1.29 is 14.7 Å². The Bertz CT molecular complexity index is 885. The van der Waals surface area contributed by atoms with Crippen molar-refractivity contribution in [3.05, 3.63) is 67.6 Å². The second kappa shape index (κ2) is 13.0. The zero-order valence-electron chi connectivity index (χ0n) is 18.1. The molecule has 1 amide bonds. The Morgan fingerprint density at radius 2 is 1.32 bits per heavy atom. The molecule has 0 unspecified atom stereocenters. The number of carbonyl (C=O) groups excluding carboxylic acids is 1. The molecule has 168 valence electrons. The van der Waals surface area contributed by atoms with E-state index in [4.69, 9.17) is 5.11 Å². The highest BCUT2D eigenvalue weighted by Crippen LogP contribution is 2.20. The Kier molecular flexibility index (Phi) is 10.7. The number of amides is 1. The van der Waals surface area contributed by atoms with Crippen LogP contribution < -0.4 is 5.32 Å². The molecule has 2 N–H and O–H groups in total. The summed E-state index contributed by atoms with van der Waals surface area (Å²) in [5.41, 5.74) is 3.17. The lowest BCUT2D eigenvalue weighted by molar-refractivity contribution is 0.0696. The SMILES string of the molecule is C1CCNC1.Cc1cc(C(=O)N2CCCC2)ccc1Br.Cc1cc(C(=O)O)ccc1Br. The number of hydrogen-bond acceptors (Lipinski definition) is 3. The number of carboxylic acid groups (broad SMARTS) is 1. The van der Waals surface area contributed by atoms with Crippen LogP contribution in [-0.4, -0.2) is 48.1 Å². The third-order valence-corrected chi connectivity index (χ3v) is 6.94. The van der Waals surface area contributed by atoms with Gasteiger partial charge in [0.2, 0.25) is 0 Å². The lowest BCUT2D eigenvalue weighted by atomic mass is 10.1. The van der Waals surface area contributed by atoms with Crippen LogP contribution in [0.3, 0.4) is 0 Å². The van der Waals surface area contributed by atoms with Crippen LogP contribution in [0.15, 0.2) is 45.3 Å². The number of benzene rings is 2. The molecule has 0 spiro atoms. The van der Waals surface area contributed by atoms with Gasteiger partial charge in [-0.2, -0.15) is 0 Å². The molecule has 0 radical (unpaired) electrons. The Morgan fingerprint density at radius 1 is 0.839 bits per heavy atom. The van der Waals surface area contributed by atoms with Gasteiger partial charge in [0.25, 0.3) is 5.91 Å². The van der Waals surface area contributed by atoms with Gasteiger partial charge in [-0.15, -0.1) is 0 Å². The van der Waals surface area contributed by atoms with Crippen LogP contribution >= 0.6 is 31.9 Å². The predicted molar refractivity (Wildman–Crippen MR) is 132 cm³/mol. The van der Waals surface area contributed by atoms with E-state index in [2.05, 4.69) is 37.2 Å². The number of halogens is 2. The van der Waals surface area contributed by atoms with Gasteiger partial charge in [0.1, 0.15) is 0 Å². The van der Waals surface area contributed by atoms with E-state index in [-0.39, 0.29) is 5.91 Å². The molecule has 2 fully saturated rings. The highest BCUT2D eigenvalue weighted by Gasteiger charge is 2.19. The van der Waals surface area contributed by atoms with E-state index < -0.39 is 5.97 Å². The van der Waals surface area contributed by atoms with Crippen LogP contribution in [-0.2, 0) is 0 Å². The number of nitrogens with zero attached hydrogens (tertiary/aromatic N) is 1. The molecule has 2 aromatic carbocycles. The molecule has 2 aromatic rings. The van der Waals surface area contributed by atoms with Crippen LogP contribution in [0.4, 0.5) is 0 Å². The van der Waals surface area contributed by atoms with E-state index >= 15 is 0 Å². The monoisotopic (exact) mass is 552 g/mol. The first-order valence-electron chi connectivity index (χ1n) is 10.5. The number of nitrogens with one attached hydrogen (secondary N) is 1. The molecule has 31 heavy (non-hydrogen) atoms. The van der Waals surface area contributed by atoms with Gasteiger partial charge < -0.3 is 15.3 Å². The highest BCUT2D eigenvalue weighted by atomic mass is 79.9. The van der Waals surface area contributed by atoms with Crippen molar-refractivity contribution in [3.63, 3.8) is 0 Å². The molecule has 2 aliphatic heterocycles. The number of carbonyl (C=O) groups is 2. The number of aromatic carboxylic acids is 1. The Labute approximate surface area is 201 Å². The summed E-state index contributed by atoms with van der Waals surface area (Å²) in [4.78, 5) is 24.4. The zero-order valence-corrected chi connectivity index (χ0v) is 21.3. The van der Waals surface area contributed by atoms with Crippen molar-refractivity contribution in [1.82, 2.24) is 10.2 Å². The molecule has 0 bridgehead atoms. The van der Waals surface area contributed by atoms with Gasteiger partial charge in [0.15, 0.2) is 0 Å². The van der Waals surface area contributed by atoms with Gasteiger partial charge in [0, 0.05) is 27.6 Å². The fourth-order valence-corrected chi connectivity index (χ4v) is 3.78. The minimum absolute atomic E-state index is 0.170. The molecule has 0 aromatic heterocycles. The summed E-state index contributed by atoms with van der Waals surface area (Å²) in [7, 11) is 0. The lowest BCUT2D eigenvalue weighted by Crippen LogP contribution is -2.27. The minimum Gasteiger partial charge on any atom is -0.478 e. The van der Waals surface area contributed by atoms with Crippen LogP contribution in [0, 0.1) is 13.8 Å². The Hall–Kier alpha value is -1.70. The van der Waals surface area contributed by atoms with Crippen molar-refractivity contribution in [2.24, 2.45) is 0 Å². The number of likely N-dealkylation sites (tertiary alicyclic amines) is 1. The second-order valence-electron chi connectivity index (χ2n) is 7.69. The van der Waals surface area contributed by atoms with Crippen molar-refractivity contribution in [1.29, 1.82) is 0 Å². The average molecular weight is 554 g/mol. The number of rotatable bonds is 2. The van der Waals surface area contributed by atoms with Gasteiger partial charge in [0.05, 0.1) is 5.56 Å². The van der Waals surface area contributed by atoms with Crippen molar-refractivity contribution >= 4 is 43.7 Å². The molecule has 7 heteroatoms. The van der Waals surface area contributed by atoms with Gasteiger partial charge in [-0.3, -0.25) is 4.79 Å². The summed E-state index contributed by atoms with van der Waals surface area (Å²) in [5, 5.41) is 11.8. The van der Waals surface area contributed by atoms with E-state index in [0.29, 0.717) is 5.56 Å². The van der Waals surface area contributed by atoms with E-state index in [0.717, 1.165) is 51.6 Å². The topological polar surface area (TPSA) is 69.6 Å². The zero-order chi connectivity index (χ0) is 22.8. The second-order valence-corrected chi connectivity index (χ2v) is 9.40. The summed E-state index contributed by atoms with van der Waals surface area (Å²) >= 11 is 6.72. The first kappa shape index (κ1) is 25.6. The van der Waals surface area contributed by atoms with Gasteiger partial charge in [-0.1, -0.05) is 31.9 Å². The van der Waals surface area contributed by atoms with Crippen molar-refractivity contribution in [2.75, 3.05) is 26.2 Å². The third-order valence-electron chi connectivity index (χ3n) is 5.16. The average Bonchev–Trinajstić information content (AvgIpc) is 3.48.